The molecular weight excluding hydrogens is 308 g/mol. The average molecular weight is 336 g/mol. The van der Waals surface area contributed by atoms with E-state index in [4.69, 9.17) is 30.5 Å². The van der Waals surface area contributed by atoms with Crippen LogP contribution in [0.2, 0.25) is 0 Å². The van der Waals surface area contributed by atoms with Crippen LogP contribution in [0.5, 0.6) is 0 Å². The van der Waals surface area contributed by atoms with Gasteiger partial charge in [0.1, 0.15) is 0 Å². The van der Waals surface area contributed by atoms with Gasteiger partial charge in [-0.05, 0) is 48.5 Å². The summed E-state index contributed by atoms with van der Waals surface area (Å²) in [7, 11) is 0. The van der Waals surface area contributed by atoms with E-state index in [9.17, 15) is 9.59 Å². The van der Waals surface area contributed by atoms with Crippen molar-refractivity contribution in [3.8, 4) is 0 Å². The molecule has 23 heavy (non-hydrogen) atoms. The number of imide groups is 1. The lowest BCUT2D eigenvalue weighted by atomic mass is 10.1. The van der Waals surface area contributed by atoms with Gasteiger partial charge >= 0.3 is 6.09 Å². The van der Waals surface area contributed by atoms with Crippen molar-refractivity contribution in [1.29, 1.82) is 0 Å². The minimum Gasteiger partial charge on any atom is -0.464 e. The Bertz CT molecular complexity index is 394. The van der Waals surface area contributed by atoms with E-state index in [0.29, 0.717) is 0 Å². The highest BCUT2D eigenvalue weighted by Gasteiger charge is 2.35. The van der Waals surface area contributed by atoms with Crippen LogP contribution in [0.3, 0.4) is 0 Å². The minimum absolute atomic E-state index is 0.0288. The first-order valence-corrected chi connectivity index (χ1v) is 7.19. The predicted molar refractivity (Wildman–Crippen MR) is 80.5 cm³/mol. The van der Waals surface area contributed by atoms with E-state index in [-0.39, 0.29) is 17.9 Å². The summed E-state index contributed by atoms with van der Waals surface area (Å²) in [6.45, 7) is 12.2. The topological polar surface area (TPSA) is 121 Å². The number of hydrogen-bond acceptors (Lipinski definition) is 7. The first kappa shape index (κ1) is 21.7. The summed E-state index contributed by atoms with van der Waals surface area (Å²) in [6, 6.07) is 0. The summed E-state index contributed by atoms with van der Waals surface area (Å²) in [4.78, 5) is 43.3. The van der Waals surface area contributed by atoms with Crippen LogP contribution in [0.15, 0.2) is 0 Å². The molecule has 0 radical (unpaired) electrons. The lowest BCUT2D eigenvalue weighted by Crippen LogP contribution is -2.44. The molecule has 0 aromatic heterocycles. The Hall–Kier alpha value is -1.26. The first-order valence-electron chi connectivity index (χ1n) is 7.19. The number of carbonyl (C=O) groups excluding carboxylic acids is 1. The van der Waals surface area contributed by atoms with Crippen molar-refractivity contribution >= 4 is 12.0 Å². The third kappa shape index (κ3) is 10.2. The molecule has 0 unspecified atom stereocenters. The van der Waals surface area contributed by atoms with Crippen LogP contribution in [0.25, 0.3) is 0 Å². The molecule has 0 aliphatic carbocycles. The zero-order valence-electron chi connectivity index (χ0n) is 14.8. The van der Waals surface area contributed by atoms with Crippen LogP contribution in [0, 0.1) is 0 Å². The smallest absolute Gasteiger partial charge is 0.428 e. The third-order valence-corrected chi connectivity index (χ3v) is 2.20. The zero-order chi connectivity index (χ0) is 18.5. The second kappa shape index (κ2) is 8.02. The highest BCUT2D eigenvalue weighted by molar-refractivity contribution is 5.90. The van der Waals surface area contributed by atoms with Gasteiger partial charge in [-0.3, -0.25) is 4.79 Å². The number of carbonyl (C=O) groups is 2. The largest absolute Gasteiger partial charge is 0.464 e. The van der Waals surface area contributed by atoms with Crippen molar-refractivity contribution < 1.29 is 34.2 Å². The monoisotopic (exact) mass is 336 g/mol. The maximum absolute atomic E-state index is 11.7. The first-order chi connectivity index (χ1) is 10.2. The molecule has 0 saturated carbocycles. The zero-order valence-corrected chi connectivity index (χ0v) is 14.8. The summed E-state index contributed by atoms with van der Waals surface area (Å²) in [6.07, 6.45) is -1.81. The van der Waals surface area contributed by atoms with Crippen molar-refractivity contribution in [2.24, 2.45) is 5.84 Å². The molecule has 0 spiro atoms. The maximum Gasteiger partial charge on any atom is 0.428 e. The molecule has 0 atom stereocenters. The summed E-state index contributed by atoms with van der Waals surface area (Å²) in [5, 5.41) is 8.78. The third-order valence-electron chi connectivity index (χ3n) is 2.20. The van der Waals surface area contributed by atoms with Gasteiger partial charge in [0.05, 0.1) is 11.2 Å². The molecule has 9 heteroatoms. The summed E-state index contributed by atoms with van der Waals surface area (Å²) < 4.78 is 0. The van der Waals surface area contributed by atoms with E-state index in [0.717, 1.165) is 0 Å². The molecule has 0 saturated heterocycles. The van der Waals surface area contributed by atoms with Crippen molar-refractivity contribution in [3.05, 3.63) is 0 Å². The normalized spacial score (nSPS) is 13.0. The molecule has 2 amide bonds. The molecular formula is C14H28N2O7. The summed E-state index contributed by atoms with van der Waals surface area (Å²) >= 11 is 0. The van der Waals surface area contributed by atoms with Crippen molar-refractivity contribution in [2.45, 2.75) is 78.3 Å². The van der Waals surface area contributed by atoms with Gasteiger partial charge in [-0.2, -0.15) is 14.8 Å². The van der Waals surface area contributed by atoms with Crippen molar-refractivity contribution in [1.82, 2.24) is 5.01 Å². The number of nitrogens with two attached hydrogens (primary N) is 1. The molecule has 0 fully saturated rings. The van der Waals surface area contributed by atoms with Gasteiger partial charge in [0.25, 0.3) is 0 Å². The number of hydrazine groups is 1. The lowest BCUT2D eigenvalue weighted by molar-refractivity contribution is -0.537. The van der Waals surface area contributed by atoms with Gasteiger partial charge in [-0.25, -0.2) is 20.4 Å². The number of amides is 2. The van der Waals surface area contributed by atoms with Gasteiger partial charge in [-0.1, -0.05) is 0 Å². The Morgan fingerprint density at radius 2 is 1.30 bits per heavy atom. The predicted octanol–water partition coefficient (Wildman–Crippen LogP) is 2.36. The summed E-state index contributed by atoms with van der Waals surface area (Å²) in [5.41, 5.74) is -1.23. The van der Waals surface area contributed by atoms with Crippen molar-refractivity contribution in [3.63, 3.8) is 0 Å². The molecule has 0 aromatic carbocycles. The molecule has 9 nitrogen and oxygen atoms in total. The molecule has 0 bridgehead atoms. The fourth-order valence-electron chi connectivity index (χ4n) is 1.08. The second-order valence-electron chi connectivity index (χ2n) is 7.24. The second-order valence-corrected chi connectivity index (χ2v) is 7.24. The Kier molecular flexibility index (Phi) is 7.58. The van der Waals surface area contributed by atoms with Crippen LogP contribution in [-0.4, -0.2) is 39.1 Å². The number of rotatable bonds is 7. The van der Waals surface area contributed by atoms with E-state index < -0.39 is 29.0 Å². The van der Waals surface area contributed by atoms with E-state index in [1.54, 1.807) is 41.5 Å². The Labute approximate surface area is 136 Å². The molecule has 0 aliphatic rings. The SMILES string of the molecule is CC(C)(C)OOC(C)(CCC(=O)N(N)C(=O)O)OOC(C)(C)C. The average Bonchev–Trinajstić information content (AvgIpc) is 2.38. The molecule has 136 valence electrons. The van der Waals surface area contributed by atoms with Gasteiger partial charge in [-0.15, -0.1) is 0 Å². The van der Waals surface area contributed by atoms with Gasteiger partial charge in [0.15, 0.2) is 0 Å². The fraction of sp³-hybridized carbons (Fsp3) is 0.857. The number of nitrogens with zero attached hydrogens (tertiary/aromatic N) is 1. The Morgan fingerprint density at radius 3 is 1.61 bits per heavy atom. The lowest BCUT2D eigenvalue weighted by Gasteiger charge is -2.32. The minimum atomic E-state index is -1.55. The number of hydrogen-bond donors (Lipinski definition) is 2. The summed E-state index contributed by atoms with van der Waals surface area (Å²) in [5.74, 6) is 2.89. The highest BCUT2D eigenvalue weighted by atomic mass is 17.3. The van der Waals surface area contributed by atoms with Crippen molar-refractivity contribution in [2.75, 3.05) is 0 Å². The standard InChI is InChI=1S/C14H28N2O7/c1-12(2,3)20-22-14(7,23-21-13(4,5)6)9-8-10(17)16(15)11(18)19/h8-9,15H2,1-7H3,(H,18,19). The van der Waals surface area contributed by atoms with Crippen LogP contribution < -0.4 is 5.84 Å². The van der Waals surface area contributed by atoms with E-state index >= 15 is 0 Å². The molecule has 0 aliphatic heterocycles. The van der Waals surface area contributed by atoms with Gasteiger partial charge < -0.3 is 5.11 Å². The molecule has 0 aromatic rings. The quantitative estimate of drug-likeness (QED) is 0.239. The van der Waals surface area contributed by atoms with Gasteiger partial charge in [0.2, 0.25) is 11.7 Å². The highest BCUT2D eigenvalue weighted by Crippen LogP contribution is 2.26. The van der Waals surface area contributed by atoms with E-state index in [1.807, 2.05) is 0 Å². The van der Waals surface area contributed by atoms with E-state index in [2.05, 4.69) is 0 Å². The molecule has 3 N–H and O–H groups in total. The molecule has 0 heterocycles. The maximum atomic E-state index is 11.7. The van der Waals surface area contributed by atoms with Crippen LogP contribution in [0.1, 0.15) is 61.3 Å². The Balaban J connectivity index is 4.83. The number of carboxylic acid groups (broad SMARTS) is 1. The van der Waals surface area contributed by atoms with Crippen LogP contribution in [0.4, 0.5) is 4.79 Å². The van der Waals surface area contributed by atoms with Crippen LogP contribution >= 0.6 is 0 Å². The van der Waals surface area contributed by atoms with Crippen LogP contribution in [-0.2, 0) is 24.3 Å². The molecule has 0 rings (SSSR count). The van der Waals surface area contributed by atoms with E-state index in [1.165, 1.54) is 6.92 Å². The Morgan fingerprint density at radius 1 is 0.913 bits per heavy atom. The van der Waals surface area contributed by atoms with Gasteiger partial charge in [0, 0.05) is 12.8 Å². The fourth-order valence-corrected chi connectivity index (χ4v) is 1.08.